The van der Waals surface area contributed by atoms with Crippen LogP contribution in [0.25, 0.3) is 0 Å². The predicted octanol–water partition coefficient (Wildman–Crippen LogP) is 3.11. The number of benzene rings is 1. The molecular formula is C17H23NO3. The van der Waals surface area contributed by atoms with Gasteiger partial charge in [-0.15, -0.1) is 0 Å². The summed E-state index contributed by atoms with van der Waals surface area (Å²) in [5.74, 6) is 0. The number of hydrogen-bond acceptors (Lipinski definition) is 3. The summed E-state index contributed by atoms with van der Waals surface area (Å²) in [5, 5.41) is 0. The Balaban J connectivity index is 2.07. The van der Waals surface area contributed by atoms with E-state index in [0.717, 1.165) is 30.3 Å². The highest BCUT2D eigenvalue weighted by molar-refractivity contribution is 5.68. The van der Waals surface area contributed by atoms with Crippen LogP contribution in [0.5, 0.6) is 0 Å². The van der Waals surface area contributed by atoms with Crippen molar-refractivity contribution >= 4 is 12.4 Å². The number of carbonyl (C=O) groups is 2. The van der Waals surface area contributed by atoms with E-state index >= 15 is 0 Å². The van der Waals surface area contributed by atoms with Gasteiger partial charge in [-0.1, -0.05) is 18.2 Å². The molecule has 0 N–H and O–H groups in total. The summed E-state index contributed by atoms with van der Waals surface area (Å²) >= 11 is 0. The third-order valence-corrected chi connectivity index (χ3v) is 3.49. The normalized spacial score (nSPS) is 14.5. The third-order valence-electron chi connectivity index (χ3n) is 3.49. The number of rotatable bonds is 3. The molecule has 0 unspecified atom stereocenters. The van der Waals surface area contributed by atoms with Gasteiger partial charge in [-0.05, 0) is 50.3 Å². The molecule has 0 saturated carbocycles. The molecule has 0 bridgehead atoms. The molecule has 1 aliphatic heterocycles. The van der Waals surface area contributed by atoms with E-state index in [4.69, 9.17) is 4.74 Å². The Morgan fingerprint density at radius 1 is 1.33 bits per heavy atom. The van der Waals surface area contributed by atoms with E-state index in [1.54, 1.807) is 4.90 Å². The van der Waals surface area contributed by atoms with Gasteiger partial charge in [0.05, 0.1) is 0 Å². The molecule has 0 aromatic heterocycles. The van der Waals surface area contributed by atoms with Crippen LogP contribution >= 0.6 is 0 Å². The Morgan fingerprint density at radius 2 is 2.10 bits per heavy atom. The molecule has 0 spiro atoms. The van der Waals surface area contributed by atoms with Crippen LogP contribution in [-0.4, -0.2) is 29.4 Å². The zero-order chi connectivity index (χ0) is 15.5. The van der Waals surface area contributed by atoms with Crippen molar-refractivity contribution in [3.8, 4) is 0 Å². The first-order valence-corrected chi connectivity index (χ1v) is 7.41. The first kappa shape index (κ1) is 15.5. The van der Waals surface area contributed by atoms with Crippen molar-refractivity contribution in [1.29, 1.82) is 0 Å². The lowest BCUT2D eigenvalue weighted by molar-refractivity contribution is -0.107. The van der Waals surface area contributed by atoms with Gasteiger partial charge in [0.15, 0.2) is 0 Å². The molecule has 0 saturated heterocycles. The van der Waals surface area contributed by atoms with Gasteiger partial charge in [0.2, 0.25) is 0 Å². The molecule has 1 aliphatic rings. The summed E-state index contributed by atoms with van der Waals surface area (Å²) < 4.78 is 5.43. The number of carbonyl (C=O) groups excluding carboxylic acids is 2. The predicted molar refractivity (Wildman–Crippen MR) is 81.2 cm³/mol. The number of fused-ring (bicyclic) bond motifs is 1. The maximum Gasteiger partial charge on any atom is 0.410 e. The topological polar surface area (TPSA) is 46.6 Å². The van der Waals surface area contributed by atoms with Crippen molar-refractivity contribution < 1.29 is 14.3 Å². The fraction of sp³-hybridized carbons (Fsp3) is 0.529. The van der Waals surface area contributed by atoms with Crippen LogP contribution in [0.3, 0.4) is 0 Å². The first-order chi connectivity index (χ1) is 9.89. The molecule has 1 aromatic rings. The summed E-state index contributed by atoms with van der Waals surface area (Å²) in [6.07, 6.45) is 2.82. The minimum absolute atomic E-state index is 0.258. The highest BCUT2D eigenvalue weighted by Gasteiger charge is 2.25. The molecule has 1 aromatic carbocycles. The second-order valence-electron chi connectivity index (χ2n) is 6.46. The molecule has 1 heterocycles. The van der Waals surface area contributed by atoms with E-state index < -0.39 is 5.60 Å². The van der Waals surface area contributed by atoms with Crippen molar-refractivity contribution in [2.45, 2.75) is 52.2 Å². The molecule has 0 fully saturated rings. The lowest BCUT2D eigenvalue weighted by Gasteiger charge is -2.31. The van der Waals surface area contributed by atoms with Crippen molar-refractivity contribution in [3.63, 3.8) is 0 Å². The smallest absolute Gasteiger partial charge is 0.410 e. The average molecular weight is 289 g/mol. The average Bonchev–Trinajstić information content (AvgIpc) is 2.42. The molecule has 0 atom stereocenters. The van der Waals surface area contributed by atoms with E-state index in [2.05, 4.69) is 18.2 Å². The number of nitrogens with zero attached hydrogens (tertiary/aromatic N) is 1. The summed E-state index contributed by atoms with van der Waals surface area (Å²) in [6, 6.07) is 6.29. The molecule has 4 heteroatoms. The molecule has 2 rings (SSSR count). The van der Waals surface area contributed by atoms with Crippen molar-refractivity contribution in [3.05, 3.63) is 34.9 Å². The van der Waals surface area contributed by atoms with Crippen molar-refractivity contribution in [2.75, 3.05) is 6.54 Å². The Hall–Kier alpha value is -1.84. The van der Waals surface area contributed by atoms with Crippen LogP contribution in [0.1, 0.15) is 43.9 Å². The maximum absolute atomic E-state index is 12.1. The SMILES string of the molecule is CC(C)(C)OC(=O)N1CCc2ccc(CCC=O)cc2C1. The van der Waals surface area contributed by atoms with Crippen LogP contribution in [0.15, 0.2) is 18.2 Å². The van der Waals surface area contributed by atoms with Gasteiger partial charge < -0.3 is 14.4 Å². The number of ether oxygens (including phenoxy) is 1. The largest absolute Gasteiger partial charge is 0.444 e. The van der Waals surface area contributed by atoms with Gasteiger partial charge in [-0.3, -0.25) is 0 Å². The number of aldehydes is 1. The Bertz CT molecular complexity index is 531. The molecule has 114 valence electrons. The summed E-state index contributed by atoms with van der Waals surface area (Å²) in [5.41, 5.74) is 3.12. The Kier molecular flexibility index (Phi) is 4.66. The van der Waals surface area contributed by atoms with Crippen molar-refractivity contribution in [2.24, 2.45) is 0 Å². The van der Waals surface area contributed by atoms with Crippen LogP contribution in [-0.2, 0) is 28.9 Å². The van der Waals surface area contributed by atoms with Gasteiger partial charge >= 0.3 is 6.09 Å². The zero-order valence-corrected chi connectivity index (χ0v) is 13.0. The quantitative estimate of drug-likeness (QED) is 0.803. The summed E-state index contributed by atoms with van der Waals surface area (Å²) in [7, 11) is 0. The third kappa shape index (κ3) is 4.31. The molecule has 0 radical (unpaired) electrons. The second-order valence-corrected chi connectivity index (χ2v) is 6.46. The fourth-order valence-corrected chi connectivity index (χ4v) is 2.47. The van der Waals surface area contributed by atoms with E-state index in [0.29, 0.717) is 19.5 Å². The molecule has 1 amide bonds. The van der Waals surface area contributed by atoms with Crippen LogP contribution < -0.4 is 0 Å². The van der Waals surface area contributed by atoms with Crippen LogP contribution in [0, 0.1) is 0 Å². The zero-order valence-electron chi connectivity index (χ0n) is 13.0. The standard InChI is InChI=1S/C17H23NO3/c1-17(2,3)21-16(20)18-9-8-14-7-6-13(5-4-10-19)11-15(14)12-18/h6-7,10-11H,4-5,8-9,12H2,1-3H3. The first-order valence-electron chi connectivity index (χ1n) is 7.41. The molecule has 0 aliphatic carbocycles. The van der Waals surface area contributed by atoms with Gasteiger partial charge in [0, 0.05) is 19.5 Å². The van der Waals surface area contributed by atoms with Crippen LogP contribution in [0.2, 0.25) is 0 Å². The number of hydrogen-bond donors (Lipinski definition) is 0. The maximum atomic E-state index is 12.1. The van der Waals surface area contributed by atoms with Crippen LogP contribution in [0.4, 0.5) is 4.79 Å². The van der Waals surface area contributed by atoms with E-state index in [1.807, 2.05) is 20.8 Å². The van der Waals surface area contributed by atoms with E-state index in [9.17, 15) is 9.59 Å². The minimum atomic E-state index is -0.469. The summed E-state index contributed by atoms with van der Waals surface area (Å²) in [4.78, 5) is 24.4. The fourth-order valence-electron chi connectivity index (χ4n) is 2.47. The minimum Gasteiger partial charge on any atom is -0.444 e. The lowest BCUT2D eigenvalue weighted by atomic mass is 9.96. The summed E-state index contributed by atoms with van der Waals surface area (Å²) in [6.45, 7) is 6.90. The number of aryl methyl sites for hydroxylation is 1. The lowest BCUT2D eigenvalue weighted by Crippen LogP contribution is -2.39. The second kappa shape index (κ2) is 6.29. The number of amides is 1. The van der Waals surface area contributed by atoms with E-state index in [1.165, 1.54) is 5.56 Å². The molecule has 4 nitrogen and oxygen atoms in total. The highest BCUT2D eigenvalue weighted by atomic mass is 16.6. The molecular weight excluding hydrogens is 266 g/mol. The Morgan fingerprint density at radius 3 is 2.76 bits per heavy atom. The van der Waals surface area contributed by atoms with Gasteiger partial charge in [0.1, 0.15) is 11.9 Å². The monoisotopic (exact) mass is 289 g/mol. The van der Waals surface area contributed by atoms with Gasteiger partial charge in [0.25, 0.3) is 0 Å². The molecule has 21 heavy (non-hydrogen) atoms. The van der Waals surface area contributed by atoms with Gasteiger partial charge in [-0.25, -0.2) is 4.79 Å². The van der Waals surface area contributed by atoms with Gasteiger partial charge in [-0.2, -0.15) is 0 Å². The highest BCUT2D eigenvalue weighted by Crippen LogP contribution is 2.22. The Labute approximate surface area is 126 Å². The van der Waals surface area contributed by atoms with Crippen molar-refractivity contribution in [1.82, 2.24) is 4.90 Å². The van der Waals surface area contributed by atoms with E-state index in [-0.39, 0.29) is 6.09 Å².